The third-order valence-electron chi connectivity index (χ3n) is 3.36. The predicted molar refractivity (Wildman–Crippen MR) is 55.2 cm³/mol. The van der Waals surface area contributed by atoms with Crippen molar-refractivity contribution in [3.63, 3.8) is 0 Å². The van der Waals surface area contributed by atoms with Gasteiger partial charge < -0.3 is 15.2 Å². The van der Waals surface area contributed by atoms with Crippen molar-refractivity contribution in [2.75, 3.05) is 13.2 Å². The molecule has 2 heterocycles. The summed E-state index contributed by atoms with van der Waals surface area (Å²) in [4.78, 5) is 0. The summed E-state index contributed by atoms with van der Waals surface area (Å²) in [6, 6.07) is 0.264. The highest BCUT2D eigenvalue weighted by atomic mass is 16.5. The normalized spacial score (nSPS) is 36.6. The SMILES string of the molecule is OC(C1CCCCCN1)C1CCCO1. The first-order valence-electron chi connectivity index (χ1n) is 5.91. The van der Waals surface area contributed by atoms with E-state index in [1.165, 1.54) is 19.3 Å². The Labute approximate surface area is 85.8 Å². The van der Waals surface area contributed by atoms with E-state index < -0.39 is 0 Å². The van der Waals surface area contributed by atoms with Crippen molar-refractivity contribution < 1.29 is 9.84 Å². The fourth-order valence-electron chi connectivity index (χ4n) is 2.48. The quantitative estimate of drug-likeness (QED) is 0.698. The Hall–Kier alpha value is -0.120. The van der Waals surface area contributed by atoms with Crippen LogP contribution in [0.5, 0.6) is 0 Å². The molecule has 2 rings (SSSR count). The van der Waals surface area contributed by atoms with E-state index in [2.05, 4.69) is 5.32 Å². The van der Waals surface area contributed by atoms with Crippen LogP contribution in [-0.2, 0) is 4.74 Å². The molecule has 82 valence electrons. The van der Waals surface area contributed by atoms with Crippen molar-refractivity contribution in [2.45, 2.75) is 56.8 Å². The average Bonchev–Trinajstić information content (AvgIpc) is 2.59. The number of ether oxygens (including phenoxy) is 1. The number of aliphatic hydroxyl groups excluding tert-OH is 1. The highest BCUT2D eigenvalue weighted by Crippen LogP contribution is 2.21. The summed E-state index contributed by atoms with van der Waals surface area (Å²) in [5.41, 5.74) is 0. The van der Waals surface area contributed by atoms with Gasteiger partial charge in [-0.2, -0.15) is 0 Å². The van der Waals surface area contributed by atoms with E-state index in [4.69, 9.17) is 4.74 Å². The zero-order chi connectivity index (χ0) is 9.80. The topological polar surface area (TPSA) is 41.5 Å². The number of rotatable bonds is 2. The second-order valence-corrected chi connectivity index (χ2v) is 4.45. The van der Waals surface area contributed by atoms with Gasteiger partial charge in [0.25, 0.3) is 0 Å². The Morgan fingerprint density at radius 2 is 2.07 bits per heavy atom. The summed E-state index contributed by atoms with van der Waals surface area (Å²) >= 11 is 0. The second-order valence-electron chi connectivity index (χ2n) is 4.45. The minimum atomic E-state index is -0.296. The van der Waals surface area contributed by atoms with E-state index in [9.17, 15) is 5.11 Å². The van der Waals surface area contributed by atoms with Crippen LogP contribution in [0.25, 0.3) is 0 Å². The molecule has 14 heavy (non-hydrogen) atoms. The molecule has 0 aromatic heterocycles. The second kappa shape index (κ2) is 5.10. The molecule has 0 spiro atoms. The van der Waals surface area contributed by atoms with Crippen molar-refractivity contribution in [1.82, 2.24) is 5.32 Å². The maximum absolute atomic E-state index is 10.1. The van der Waals surface area contributed by atoms with Gasteiger partial charge >= 0.3 is 0 Å². The average molecular weight is 199 g/mol. The van der Waals surface area contributed by atoms with Gasteiger partial charge in [0.15, 0.2) is 0 Å². The first kappa shape index (κ1) is 10.4. The molecule has 0 radical (unpaired) electrons. The Morgan fingerprint density at radius 3 is 2.86 bits per heavy atom. The summed E-state index contributed by atoms with van der Waals surface area (Å²) in [7, 11) is 0. The van der Waals surface area contributed by atoms with E-state index in [-0.39, 0.29) is 18.2 Å². The van der Waals surface area contributed by atoms with E-state index >= 15 is 0 Å². The van der Waals surface area contributed by atoms with Crippen LogP contribution in [0.15, 0.2) is 0 Å². The van der Waals surface area contributed by atoms with Crippen molar-refractivity contribution in [3.05, 3.63) is 0 Å². The van der Waals surface area contributed by atoms with Crippen LogP contribution in [0.4, 0.5) is 0 Å². The summed E-state index contributed by atoms with van der Waals surface area (Å²) < 4.78 is 5.52. The lowest BCUT2D eigenvalue weighted by Crippen LogP contribution is -2.45. The molecule has 2 fully saturated rings. The molecule has 3 heteroatoms. The molecule has 0 saturated carbocycles. The Balaban J connectivity index is 1.84. The maximum Gasteiger partial charge on any atom is 0.0954 e. The van der Waals surface area contributed by atoms with Crippen LogP contribution in [0, 0.1) is 0 Å². The van der Waals surface area contributed by atoms with Gasteiger partial charge in [0, 0.05) is 12.6 Å². The van der Waals surface area contributed by atoms with E-state index in [0.29, 0.717) is 0 Å². The van der Waals surface area contributed by atoms with Crippen LogP contribution in [0.2, 0.25) is 0 Å². The molecule has 3 atom stereocenters. The molecule has 0 bridgehead atoms. The number of nitrogens with one attached hydrogen (secondary N) is 1. The molecule has 0 amide bonds. The Kier molecular flexibility index (Phi) is 3.79. The van der Waals surface area contributed by atoms with Gasteiger partial charge in [-0.1, -0.05) is 12.8 Å². The van der Waals surface area contributed by atoms with E-state index in [0.717, 1.165) is 32.4 Å². The first-order chi connectivity index (χ1) is 6.88. The molecule has 3 unspecified atom stereocenters. The van der Waals surface area contributed by atoms with Crippen LogP contribution >= 0.6 is 0 Å². The molecule has 3 nitrogen and oxygen atoms in total. The largest absolute Gasteiger partial charge is 0.389 e. The maximum atomic E-state index is 10.1. The third-order valence-corrected chi connectivity index (χ3v) is 3.36. The molecular formula is C11H21NO2. The lowest BCUT2D eigenvalue weighted by molar-refractivity contribution is -0.0212. The summed E-state index contributed by atoms with van der Waals surface area (Å²) in [5, 5.41) is 13.5. The minimum absolute atomic E-state index is 0.0885. The predicted octanol–water partition coefficient (Wildman–Crippen LogP) is 1.06. The van der Waals surface area contributed by atoms with Gasteiger partial charge in [-0.3, -0.25) is 0 Å². The molecule has 2 aliphatic rings. The monoisotopic (exact) mass is 199 g/mol. The van der Waals surface area contributed by atoms with Crippen molar-refractivity contribution in [1.29, 1.82) is 0 Å². The van der Waals surface area contributed by atoms with Gasteiger partial charge in [0.2, 0.25) is 0 Å². The zero-order valence-corrected chi connectivity index (χ0v) is 8.74. The standard InChI is InChI=1S/C11H21NO2/c13-11(10-6-4-8-14-10)9-5-2-1-3-7-12-9/h9-13H,1-8H2. The van der Waals surface area contributed by atoms with Crippen LogP contribution in [0.1, 0.15) is 38.5 Å². The molecule has 2 saturated heterocycles. The van der Waals surface area contributed by atoms with Crippen LogP contribution < -0.4 is 5.32 Å². The van der Waals surface area contributed by atoms with E-state index in [1.54, 1.807) is 0 Å². The smallest absolute Gasteiger partial charge is 0.0954 e. The third kappa shape index (κ3) is 2.47. The Morgan fingerprint density at radius 1 is 1.14 bits per heavy atom. The fourth-order valence-corrected chi connectivity index (χ4v) is 2.48. The summed E-state index contributed by atoms with van der Waals surface area (Å²) in [6.45, 7) is 1.88. The van der Waals surface area contributed by atoms with Crippen molar-refractivity contribution in [2.24, 2.45) is 0 Å². The molecule has 0 aromatic rings. The highest BCUT2D eigenvalue weighted by molar-refractivity contribution is 4.85. The van der Waals surface area contributed by atoms with Gasteiger partial charge in [-0.05, 0) is 32.2 Å². The fraction of sp³-hybridized carbons (Fsp3) is 1.00. The number of hydrogen-bond acceptors (Lipinski definition) is 3. The Bertz CT molecular complexity index is 161. The van der Waals surface area contributed by atoms with Gasteiger partial charge in [-0.25, -0.2) is 0 Å². The molecular weight excluding hydrogens is 178 g/mol. The summed E-state index contributed by atoms with van der Waals surface area (Å²) in [5.74, 6) is 0. The number of hydrogen-bond donors (Lipinski definition) is 2. The van der Waals surface area contributed by atoms with Crippen molar-refractivity contribution >= 4 is 0 Å². The lowest BCUT2D eigenvalue weighted by atomic mass is 9.99. The van der Waals surface area contributed by atoms with E-state index in [1.807, 2.05) is 0 Å². The molecule has 2 aliphatic heterocycles. The highest BCUT2D eigenvalue weighted by Gasteiger charge is 2.30. The molecule has 2 N–H and O–H groups in total. The summed E-state index contributed by atoms with van der Waals surface area (Å²) in [6.07, 6.45) is 6.80. The van der Waals surface area contributed by atoms with Crippen molar-refractivity contribution in [3.8, 4) is 0 Å². The van der Waals surface area contributed by atoms with Crippen LogP contribution in [-0.4, -0.2) is 36.5 Å². The van der Waals surface area contributed by atoms with Gasteiger partial charge in [-0.15, -0.1) is 0 Å². The zero-order valence-electron chi connectivity index (χ0n) is 8.74. The molecule has 0 aliphatic carbocycles. The first-order valence-corrected chi connectivity index (χ1v) is 5.91. The number of aliphatic hydroxyl groups is 1. The van der Waals surface area contributed by atoms with Gasteiger partial charge in [0.05, 0.1) is 12.2 Å². The molecule has 0 aromatic carbocycles. The van der Waals surface area contributed by atoms with Gasteiger partial charge in [0.1, 0.15) is 0 Å². The minimum Gasteiger partial charge on any atom is -0.389 e. The van der Waals surface area contributed by atoms with Crippen LogP contribution in [0.3, 0.4) is 0 Å². The lowest BCUT2D eigenvalue weighted by Gasteiger charge is -2.26.